The SMILES string of the molecule is Cc1c(-c2cnc3ccccc3c2)ccnc1Cl. The van der Waals surface area contributed by atoms with E-state index in [9.17, 15) is 0 Å². The Hall–Kier alpha value is -1.93. The van der Waals surface area contributed by atoms with Gasteiger partial charge < -0.3 is 0 Å². The number of fused-ring (bicyclic) bond motifs is 1. The molecule has 0 unspecified atom stereocenters. The topological polar surface area (TPSA) is 25.8 Å². The van der Waals surface area contributed by atoms with Gasteiger partial charge in [-0.1, -0.05) is 29.8 Å². The van der Waals surface area contributed by atoms with Gasteiger partial charge in [-0.2, -0.15) is 0 Å². The lowest BCUT2D eigenvalue weighted by molar-refractivity contribution is 1.26. The van der Waals surface area contributed by atoms with Crippen molar-refractivity contribution in [3.05, 3.63) is 59.5 Å². The number of pyridine rings is 2. The van der Waals surface area contributed by atoms with E-state index in [1.807, 2.05) is 37.4 Å². The highest BCUT2D eigenvalue weighted by atomic mass is 35.5. The molecule has 0 radical (unpaired) electrons. The Morgan fingerprint density at radius 2 is 1.89 bits per heavy atom. The van der Waals surface area contributed by atoms with E-state index in [4.69, 9.17) is 11.6 Å². The van der Waals surface area contributed by atoms with Crippen LogP contribution in [0.1, 0.15) is 5.56 Å². The quantitative estimate of drug-likeness (QED) is 0.607. The minimum Gasteiger partial charge on any atom is -0.256 e. The summed E-state index contributed by atoms with van der Waals surface area (Å²) in [6.45, 7) is 1.97. The lowest BCUT2D eigenvalue weighted by atomic mass is 10.0. The molecule has 2 aromatic heterocycles. The van der Waals surface area contributed by atoms with Gasteiger partial charge in [-0.15, -0.1) is 0 Å². The Balaban J connectivity index is 2.22. The second kappa shape index (κ2) is 4.39. The third-order valence-corrected chi connectivity index (χ3v) is 3.43. The van der Waals surface area contributed by atoms with E-state index >= 15 is 0 Å². The number of hydrogen-bond acceptors (Lipinski definition) is 2. The Kier molecular flexibility index (Phi) is 2.73. The van der Waals surface area contributed by atoms with Gasteiger partial charge in [0.2, 0.25) is 0 Å². The van der Waals surface area contributed by atoms with Gasteiger partial charge in [0.05, 0.1) is 5.52 Å². The summed E-state index contributed by atoms with van der Waals surface area (Å²) in [5.41, 5.74) is 4.12. The summed E-state index contributed by atoms with van der Waals surface area (Å²) in [6.07, 6.45) is 3.60. The number of nitrogens with zero attached hydrogens (tertiary/aromatic N) is 2. The van der Waals surface area contributed by atoms with Crippen LogP contribution in [0.5, 0.6) is 0 Å². The van der Waals surface area contributed by atoms with Crippen LogP contribution in [0.4, 0.5) is 0 Å². The lowest BCUT2D eigenvalue weighted by Crippen LogP contribution is -1.88. The van der Waals surface area contributed by atoms with Crippen LogP contribution >= 0.6 is 11.6 Å². The van der Waals surface area contributed by atoms with E-state index in [-0.39, 0.29) is 0 Å². The Bertz CT molecular complexity index is 723. The van der Waals surface area contributed by atoms with Crippen molar-refractivity contribution in [3.8, 4) is 11.1 Å². The molecule has 88 valence electrons. The fraction of sp³-hybridized carbons (Fsp3) is 0.0667. The van der Waals surface area contributed by atoms with Gasteiger partial charge >= 0.3 is 0 Å². The van der Waals surface area contributed by atoms with Crippen molar-refractivity contribution in [1.82, 2.24) is 9.97 Å². The van der Waals surface area contributed by atoms with Gasteiger partial charge in [0.15, 0.2) is 0 Å². The minimum absolute atomic E-state index is 0.542. The Morgan fingerprint density at radius 1 is 1.06 bits per heavy atom. The van der Waals surface area contributed by atoms with Crippen LogP contribution in [-0.4, -0.2) is 9.97 Å². The van der Waals surface area contributed by atoms with Crippen LogP contribution in [0.25, 0.3) is 22.0 Å². The lowest BCUT2D eigenvalue weighted by Gasteiger charge is -2.07. The van der Waals surface area contributed by atoms with E-state index in [0.29, 0.717) is 5.15 Å². The predicted octanol–water partition coefficient (Wildman–Crippen LogP) is 4.26. The molecular weight excluding hydrogens is 244 g/mol. The second-order valence-electron chi connectivity index (χ2n) is 4.19. The molecule has 2 heterocycles. The summed E-state index contributed by atoms with van der Waals surface area (Å²) in [5.74, 6) is 0. The standard InChI is InChI=1S/C15H11ClN2/c1-10-13(6-7-17-15(10)16)12-8-11-4-2-3-5-14(11)18-9-12/h2-9H,1H3. The van der Waals surface area contributed by atoms with E-state index in [0.717, 1.165) is 27.6 Å². The van der Waals surface area contributed by atoms with Crippen LogP contribution in [0.15, 0.2) is 48.8 Å². The molecule has 0 spiro atoms. The maximum atomic E-state index is 6.05. The third kappa shape index (κ3) is 1.85. The number of rotatable bonds is 1. The maximum Gasteiger partial charge on any atom is 0.132 e. The predicted molar refractivity (Wildman–Crippen MR) is 74.7 cm³/mol. The van der Waals surface area contributed by atoms with E-state index < -0.39 is 0 Å². The first-order valence-corrected chi connectivity index (χ1v) is 6.10. The highest BCUT2D eigenvalue weighted by molar-refractivity contribution is 6.30. The molecule has 1 aromatic carbocycles. The molecule has 0 aliphatic heterocycles. The van der Waals surface area contributed by atoms with Gasteiger partial charge in [0.25, 0.3) is 0 Å². The van der Waals surface area contributed by atoms with Crippen LogP contribution in [0.2, 0.25) is 5.15 Å². The second-order valence-corrected chi connectivity index (χ2v) is 4.55. The third-order valence-electron chi connectivity index (χ3n) is 3.04. The molecule has 0 aliphatic rings. The van der Waals surface area contributed by atoms with Gasteiger partial charge in [-0.25, -0.2) is 4.98 Å². The first-order chi connectivity index (χ1) is 8.75. The average molecular weight is 255 g/mol. The number of hydrogen-bond donors (Lipinski definition) is 0. The highest BCUT2D eigenvalue weighted by Gasteiger charge is 2.06. The number of halogens is 1. The minimum atomic E-state index is 0.542. The van der Waals surface area contributed by atoms with E-state index in [1.54, 1.807) is 6.20 Å². The first kappa shape index (κ1) is 11.2. The molecule has 0 bridgehead atoms. The zero-order valence-electron chi connectivity index (χ0n) is 9.89. The Morgan fingerprint density at radius 3 is 2.78 bits per heavy atom. The van der Waals surface area contributed by atoms with Crippen molar-refractivity contribution in [2.75, 3.05) is 0 Å². The number of benzene rings is 1. The molecule has 3 heteroatoms. The van der Waals surface area contributed by atoms with Gasteiger partial charge in [0.1, 0.15) is 5.15 Å². The van der Waals surface area contributed by atoms with E-state index in [1.165, 1.54) is 0 Å². The number of para-hydroxylation sites is 1. The molecule has 0 amide bonds. The molecule has 3 rings (SSSR count). The van der Waals surface area contributed by atoms with Crippen molar-refractivity contribution in [2.45, 2.75) is 6.92 Å². The van der Waals surface area contributed by atoms with Crippen molar-refractivity contribution in [1.29, 1.82) is 0 Å². The largest absolute Gasteiger partial charge is 0.256 e. The van der Waals surface area contributed by atoms with Crippen LogP contribution in [-0.2, 0) is 0 Å². The summed E-state index contributed by atoms with van der Waals surface area (Å²) >= 11 is 6.05. The molecule has 2 nitrogen and oxygen atoms in total. The summed E-state index contributed by atoms with van der Waals surface area (Å²) < 4.78 is 0. The van der Waals surface area contributed by atoms with Crippen molar-refractivity contribution < 1.29 is 0 Å². The molecule has 0 atom stereocenters. The average Bonchev–Trinajstić information content (AvgIpc) is 2.41. The zero-order chi connectivity index (χ0) is 12.5. The summed E-state index contributed by atoms with van der Waals surface area (Å²) in [5, 5.41) is 1.67. The smallest absolute Gasteiger partial charge is 0.132 e. The zero-order valence-corrected chi connectivity index (χ0v) is 10.6. The van der Waals surface area contributed by atoms with Gasteiger partial charge in [-0.05, 0) is 36.2 Å². The molecule has 3 aromatic rings. The monoisotopic (exact) mass is 254 g/mol. The van der Waals surface area contributed by atoms with Crippen molar-refractivity contribution in [3.63, 3.8) is 0 Å². The molecule has 18 heavy (non-hydrogen) atoms. The normalized spacial score (nSPS) is 10.8. The maximum absolute atomic E-state index is 6.05. The molecule has 0 saturated heterocycles. The van der Waals surface area contributed by atoms with Crippen LogP contribution in [0, 0.1) is 6.92 Å². The molecule has 0 aliphatic carbocycles. The summed E-state index contributed by atoms with van der Waals surface area (Å²) in [4.78, 5) is 8.54. The summed E-state index contributed by atoms with van der Waals surface area (Å²) in [7, 11) is 0. The van der Waals surface area contributed by atoms with Crippen LogP contribution in [0.3, 0.4) is 0 Å². The number of aromatic nitrogens is 2. The molecule has 0 saturated carbocycles. The summed E-state index contributed by atoms with van der Waals surface area (Å²) in [6, 6.07) is 12.2. The Labute approximate surface area is 110 Å². The van der Waals surface area contributed by atoms with Crippen molar-refractivity contribution >= 4 is 22.5 Å². The molecule has 0 fully saturated rings. The van der Waals surface area contributed by atoms with E-state index in [2.05, 4.69) is 22.1 Å². The van der Waals surface area contributed by atoms with Crippen molar-refractivity contribution in [2.24, 2.45) is 0 Å². The molecule has 0 N–H and O–H groups in total. The highest BCUT2D eigenvalue weighted by Crippen LogP contribution is 2.28. The first-order valence-electron chi connectivity index (χ1n) is 5.72. The van der Waals surface area contributed by atoms with Crippen LogP contribution < -0.4 is 0 Å². The van der Waals surface area contributed by atoms with Gasteiger partial charge in [-0.3, -0.25) is 4.98 Å². The fourth-order valence-electron chi connectivity index (χ4n) is 2.04. The fourth-order valence-corrected chi connectivity index (χ4v) is 2.20. The molecular formula is C15H11ClN2. The van der Waals surface area contributed by atoms with Gasteiger partial charge in [0, 0.05) is 23.3 Å².